The van der Waals surface area contributed by atoms with Gasteiger partial charge in [-0.2, -0.15) is 0 Å². The molecule has 0 saturated heterocycles. The zero-order chi connectivity index (χ0) is 24.1. The Morgan fingerprint density at radius 1 is 0.613 bits per heavy atom. The molecule has 2 rings (SSSR count). The fraction of sp³-hybridized carbons (Fsp3) is 0.571. The van der Waals surface area contributed by atoms with E-state index in [2.05, 4.69) is 191 Å². The van der Waals surface area contributed by atoms with Gasteiger partial charge in [-0.1, -0.05) is 215 Å². The molecule has 0 amide bonds. The molecule has 0 aromatic rings. The predicted molar refractivity (Wildman–Crippen MR) is 159 cm³/mol. The van der Waals surface area contributed by atoms with E-state index in [4.69, 9.17) is 0 Å². The second kappa shape index (κ2) is 12.3. The van der Waals surface area contributed by atoms with Gasteiger partial charge >= 0.3 is 19.5 Å². The Labute approximate surface area is 292 Å². The average Bonchev–Trinajstić information content (AvgIpc) is 2.60. The maximum atomic E-state index is 11.2. The normalized spacial score (nSPS) is 36.4. The Kier molecular flexibility index (Phi) is 14.2. The number of carbonyl (C=O) groups is 2. The Morgan fingerprint density at radius 2 is 0.839 bits per heavy atom. The fourth-order valence-electron chi connectivity index (χ4n) is 2.11. The Bertz CT molecular complexity index is 721. The van der Waals surface area contributed by atoms with E-state index in [1.54, 1.807) is 12.2 Å². The molecule has 0 heterocycles. The Hall–Kier alpha value is 4.80. The van der Waals surface area contributed by atoms with Crippen molar-refractivity contribution in [2.45, 2.75) is 31.2 Å². The molecule has 4 nitrogen and oxygen atoms in total. The molecule has 0 N–H and O–H groups in total. The van der Waals surface area contributed by atoms with E-state index in [1.807, 2.05) is 0 Å². The van der Waals surface area contributed by atoms with Gasteiger partial charge in [0.1, 0.15) is 21.6 Å². The number of carbonyl (C=O) groups excluding carboxylic acids is 2. The van der Waals surface area contributed by atoms with Crippen LogP contribution in [0.4, 0.5) is 0 Å². The van der Waals surface area contributed by atoms with E-state index < -0.39 is 33.5 Å². The van der Waals surface area contributed by atoms with Gasteiger partial charge in [0.2, 0.25) is 0 Å². The molecule has 31 heavy (non-hydrogen) atoms. The largest absolute Gasteiger partial charge is 2.00 e. The summed E-state index contributed by atoms with van der Waals surface area (Å²) in [6.07, 6.45) is 6.47. The number of aliphatic carboxylic acids is 2. The molecule has 0 spiro atoms. The summed E-state index contributed by atoms with van der Waals surface area (Å²) in [6.45, 7) is 0. The quantitative estimate of drug-likeness (QED) is 0.184. The first-order chi connectivity index (χ1) is 13.1. The fourth-order valence-corrected chi connectivity index (χ4v) is 10.3. The monoisotopic (exact) mass is 1250 g/mol. The molecular weight excluding hydrogens is 1260 g/mol. The van der Waals surface area contributed by atoms with E-state index in [0.29, 0.717) is 0 Å². The SMILES string of the molecule is O=C([O-])C1(Br)C=CC(Br)C(Br)(Br)C1(Br)Br.O=C([O-])C1(Br)C=CC(Br)C(Br)(Br)C1(Br)Br.[Zn+2]. The van der Waals surface area contributed by atoms with Crippen LogP contribution >= 0.6 is 191 Å². The summed E-state index contributed by atoms with van der Waals surface area (Å²) in [5.74, 6) is -2.48. The first kappa shape index (κ1) is 35.8. The summed E-state index contributed by atoms with van der Waals surface area (Å²) in [7, 11) is 0. The molecule has 4 atom stereocenters. The summed E-state index contributed by atoms with van der Waals surface area (Å²) in [4.78, 5) is 22.1. The van der Waals surface area contributed by atoms with Gasteiger partial charge in [0.25, 0.3) is 0 Å². The molecule has 2 aliphatic rings. The number of carboxylic acid groups (broad SMARTS) is 2. The first-order valence-corrected chi connectivity index (χ1v) is 16.9. The standard InChI is InChI=1S/2C7H4Br6O2.Zn/c2*8-3-1-2-5(9,4(14)15)7(12,13)6(3,10)11;/h2*1-3H,(H,14,15);/q;;+2/p-2. The molecular formula is C14H6Br12O4Zn. The molecule has 0 aromatic heterocycles. The van der Waals surface area contributed by atoms with Gasteiger partial charge in [0, 0.05) is 0 Å². The number of hydrogen-bond donors (Lipinski definition) is 0. The van der Waals surface area contributed by atoms with Crippen LogP contribution in [-0.2, 0) is 29.1 Å². The van der Waals surface area contributed by atoms with Crippen molar-refractivity contribution in [2.24, 2.45) is 0 Å². The smallest absolute Gasteiger partial charge is 0.548 e. The van der Waals surface area contributed by atoms with Gasteiger partial charge in [-0.3, -0.25) is 0 Å². The third kappa shape index (κ3) is 6.35. The third-order valence-corrected chi connectivity index (χ3v) is 26.6. The van der Waals surface area contributed by atoms with Crippen LogP contribution in [-0.4, -0.2) is 43.2 Å². The minimum atomic E-state index is -1.36. The van der Waals surface area contributed by atoms with Gasteiger partial charge in [-0.05, 0) is 0 Å². The van der Waals surface area contributed by atoms with Gasteiger partial charge < -0.3 is 19.8 Å². The second-order valence-electron chi connectivity index (χ2n) is 5.91. The molecule has 2 aliphatic carbocycles. The van der Waals surface area contributed by atoms with Crippen molar-refractivity contribution < 1.29 is 39.3 Å². The number of halogens is 12. The molecule has 0 aromatic carbocycles. The average molecular weight is 1260 g/mol. The van der Waals surface area contributed by atoms with Crippen molar-refractivity contribution in [1.29, 1.82) is 0 Å². The molecule has 172 valence electrons. The van der Waals surface area contributed by atoms with E-state index in [9.17, 15) is 19.8 Å². The van der Waals surface area contributed by atoms with E-state index in [0.717, 1.165) is 0 Å². The van der Waals surface area contributed by atoms with Crippen LogP contribution < -0.4 is 10.2 Å². The topological polar surface area (TPSA) is 80.3 Å². The molecule has 17 heteroatoms. The minimum absolute atomic E-state index is 0. The van der Waals surface area contributed by atoms with Crippen LogP contribution in [0.3, 0.4) is 0 Å². The number of hydrogen-bond acceptors (Lipinski definition) is 4. The summed E-state index contributed by atoms with van der Waals surface area (Å²) in [6, 6.07) is 0. The van der Waals surface area contributed by atoms with Crippen LogP contribution in [0.1, 0.15) is 0 Å². The van der Waals surface area contributed by atoms with Crippen LogP contribution in [0.5, 0.6) is 0 Å². The van der Waals surface area contributed by atoms with Gasteiger partial charge in [-0.15, -0.1) is 0 Å². The van der Waals surface area contributed by atoms with E-state index >= 15 is 0 Å². The summed E-state index contributed by atoms with van der Waals surface area (Å²) < 4.78 is -6.19. The van der Waals surface area contributed by atoms with Crippen molar-refractivity contribution in [3.8, 4) is 0 Å². The summed E-state index contributed by atoms with van der Waals surface area (Å²) in [5, 5.41) is 22.3. The second-order valence-corrected chi connectivity index (χ2v) is 24.4. The Morgan fingerprint density at radius 3 is 1.03 bits per heavy atom. The van der Waals surface area contributed by atoms with Crippen molar-refractivity contribution in [3.63, 3.8) is 0 Å². The van der Waals surface area contributed by atoms with Gasteiger partial charge in [0.15, 0.2) is 0 Å². The zero-order valence-electron chi connectivity index (χ0n) is 14.3. The number of allylic oxidation sites excluding steroid dienone is 2. The van der Waals surface area contributed by atoms with Crippen molar-refractivity contribution in [2.75, 3.05) is 0 Å². The molecule has 0 fully saturated rings. The first-order valence-electron chi connectivity index (χ1n) is 7.13. The van der Waals surface area contributed by atoms with Crippen LogP contribution in [0.25, 0.3) is 0 Å². The maximum absolute atomic E-state index is 11.2. The summed E-state index contributed by atoms with van der Waals surface area (Å²) >= 11 is 40.3. The van der Waals surface area contributed by atoms with Gasteiger partial charge in [-0.25, -0.2) is 0 Å². The van der Waals surface area contributed by atoms with E-state index in [-0.39, 0.29) is 29.1 Å². The minimum Gasteiger partial charge on any atom is -0.548 e. The zero-order valence-corrected chi connectivity index (χ0v) is 36.3. The van der Waals surface area contributed by atoms with E-state index in [1.165, 1.54) is 12.2 Å². The van der Waals surface area contributed by atoms with Crippen LogP contribution in [0.15, 0.2) is 24.3 Å². The van der Waals surface area contributed by atoms with Crippen molar-refractivity contribution >= 4 is 203 Å². The summed E-state index contributed by atoms with van der Waals surface area (Å²) in [5.41, 5.74) is 0. The number of rotatable bonds is 2. The van der Waals surface area contributed by atoms with Crippen molar-refractivity contribution in [1.82, 2.24) is 0 Å². The maximum Gasteiger partial charge on any atom is 2.00 e. The van der Waals surface area contributed by atoms with Crippen LogP contribution in [0, 0.1) is 0 Å². The van der Waals surface area contributed by atoms with Crippen LogP contribution in [0.2, 0.25) is 0 Å². The molecule has 0 saturated carbocycles. The molecule has 0 radical (unpaired) electrons. The van der Waals surface area contributed by atoms with Gasteiger partial charge in [0.05, 0.1) is 21.6 Å². The molecule has 0 bridgehead atoms. The number of carboxylic acids is 2. The predicted octanol–water partition coefficient (Wildman–Crippen LogP) is 6.35. The third-order valence-electron chi connectivity index (χ3n) is 4.03. The number of alkyl halides is 12. The van der Waals surface area contributed by atoms with Crippen molar-refractivity contribution in [3.05, 3.63) is 24.3 Å². The Balaban J connectivity index is 0.000000562. The molecule has 0 aliphatic heterocycles. The molecule has 4 unspecified atom stereocenters.